The molecule has 112 valence electrons. The van der Waals surface area contributed by atoms with Gasteiger partial charge < -0.3 is 4.74 Å². The van der Waals surface area contributed by atoms with Gasteiger partial charge in [0.25, 0.3) is 0 Å². The van der Waals surface area contributed by atoms with Crippen molar-refractivity contribution in [3.8, 4) is 0 Å². The van der Waals surface area contributed by atoms with E-state index in [1.807, 2.05) is 18.7 Å². The summed E-state index contributed by atoms with van der Waals surface area (Å²) in [5.74, 6) is -0.00709. The molecular weight excluding hydrogens is 268 g/mol. The number of nitrogens with one attached hydrogen (secondary N) is 1. The summed E-state index contributed by atoms with van der Waals surface area (Å²) < 4.78 is 27.6. The summed E-state index contributed by atoms with van der Waals surface area (Å²) in [5.41, 5.74) is -0.815. The van der Waals surface area contributed by atoms with Gasteiger partial charge in [-0.3, -0.25) is 15.0 Å². The van der Waals surface area contributed by atoms with E-state index in [9.17, 15) is 13.2 Å². The third-order valence-corrected chi connectivity index (χ3v) is 4.83. The third kappa shape index (κ3) is 4.74. The highest BCUT2D eigenvalue weighted by Gasteiger charge is 2.38. The molecule has 1 saturated heterocycles. The van der Waals surface area contributed by atoms with Crippen LogP contribution in [0.3, 0.4) is 0 Å². The molecule has 7 heteroatoms. The molecule has 6 nitrogen and oxygen atoms in total. The van der Waals surface area contributed by atoms with E-state index >= 15 is 0 Å². The Morgan fingerprint density at radius 3 is 2.32 bits per heavy atom. The molecule has 1 rings (SSSR count). The van der Waals surface area contributed by atoms with Crippen molar-refractivity contribution in [1.82, 2.24) is 10.2 Å². The van der Waals surface area contributed by atoms with Gasteiger partial charge in [0, 0.05) is 25.7 Å². The van der Waals surface area contributed by atoms with Gasteiger partial charge in [0.2, 0.25) is 0 Å². The fourth-order valence-corrected chi connectivity index (χ4v) is 3.66. The lowest BCUT2D eigenvalue weighted by Crippen LogP contribution is -2.60. The number of hydrogen-bond donors (Lipinski definition) is 1. The second kappa shape index (κ2) is 6.19. The van der Waals surface area contributed by atoms with Gasteiger partial charge in [0.1, 0.15) is 5.54 Å². The van der Waals surface area contributed by atoms with E-state index < -0.39 is 15.4 Å². The van der Waals surface area contributed by atoms with Gasteiger partial charge >= 0.3 is 5.97 Å². The summed E-state index contributed by atoms with van der Waals surface area (Å²) in [7, 11) is -1.53. The molecule has 0 amide bonds. The van der Waals surface area contributed by atoms with E-state index in [0.29, 0.717) is 19.6 Å². The largest absolute Gasteiger partial charge is 0.468 e. The van der Waals surface area contributed by atoms with Crippen LogP contribution in [0.2, 0.25) is 0 Å². The molecule has 1 N–H and O–H groups in total. The van der Waals surface area contributed by atoms with Gasteiger partial charge in [-0.1, -0.05) is 0 Å². The fourth-order valence-electron chi connectivity index (χ4n) is 2.39. The van der Waals surface area contributed by atoms with Gasteiger partial charge in [-0.15, -0.1) is 0 Å². The highest BCUT2D eigenvalue weighted by atomic mass is 32.2. The van der Waals surface area contributed by atoms with Crippen LogP contribution in [-0.2, 0) is 19.4 Å². The Bertz CT molecular complexity index is 407. The normalized spacial score (nSPS) is 23.0. The number of carbonyl (C=O) groups is 1. The topological polar surface area (TPSA) is 75.7 Å². The highest BCUT2D eigenvalue weighted by Crippen LogP contribution is 2.13. The minimum Gasteiger partial charge on any atom is -0.468 e. The zero-order chi connectivity index (χ0) is 14.7. The Morgan fingerprint density at radius 2 is 1.89 bits per heavy atom. The van der Waals surface area contributed by atoms with Crippen molar-refractivity contribution < 1.29 is 17.9 Å². The van der Waals surface area contributed by atoms with E-state index in [0.717, 1.165) is 0 Å². The molecule has 1 aliphatic rings. The minimum atomic E-state index is -2.90. The quantitative estimate of drug-likeness (QED) is 0.698. The molecular formula is C12H24N2O4S. The number of ether oxygens (including phenoxy) is 1. The molecule has 1 heterocycles. The number of sulfone groups is 1. The van der Waals surface area contributed by atoms with Crippen LogP contribution < -0.4 is 5.32 Å². The average molecular weight is 292 g/mol. The van der Waals surface area contributed by atoms with E-state index in [-0.39, 0.29) is 23.5 Å². The Labute approximate surface area is 115 Å². The molecule has 0 aliphatic carbocycles. The second-order valence-electron chi connectivity index (χ2n) is 5.55. The first-order valence-electron chi connectivity index (χ1n) is 6.47. The Morgan fingerprint density at radius 1 is 1.37 bits per heavy atom. The second-order valence-corrected chi connectivity index (χ2v) is 7.85. The maximum absolute atomic E-state index is 11.9. The van der Waals surface area contributed by atoms with E-state index in [4.69, 9.17) is 4.74 Å². The molecule has 1 unspecified atom stereocenters. The van der Waals surface area contributed by atoms with Gasteiger partial charge in [-0.25, -0.2) is 8.42 Å². The maximum atomic E-state index is 11.9. The molecule has 0 spiro atoms. The summed E-state index contributed by atoms with van der Waals surface area (Å²) >= 11 is 0. The van der Waals surface area contributed by atoms with Gasteiger partial charge in [0.05, 0.1) is 18.6 Å². The summed E-state index contributed by atoms with van der Waals surface area (Å²) in [6, 6.07) is 0.137. The van der Waals surface area contributed by atoms with Crippen molar-refractivity contribution in [1.29, 1.82) is 0 Å². The SMILES string of the molecule is COC(=O)C(C)(CN1CCS(=O)(=O)CC1)NC(C)C. The highest BCUT2D eigenvalue weighted by molar-refractivity contribution is 7.91. The van der Waals surface area contributed by atoms with Crippen LogP contribution in [-0.4, -0.2) is 69.1 Å². The van der Waals surface area contributed by atoms with Crippen molar-refractivity contribution >= 4 is 15.8 Å². The van der Waals surface area contributed by atoms with Crippen LogP contribution in [0.25, 0.3) is 0 Å². The van der Waals surface area contributed by atoms with Gasteiger partial charge in [-0.05, 0) is 20.8 Å². The number of nitrogens with zero attached hydrogens (tertiary/aromatic N) is 1. The Balaban J connectivity index is 2.71. The van der Waals surface area contributed by atoms with E-state index in [1.54, 1.807) is 6.92 Å². The lowest BCUT2D eigenvalue weighted by Gasteiger charge is -2.36. The van der Waals surface area contributed by atoms with Crippen LogP contribution in [0.1, 0.15) is 20.8 Å². The Kier molecular flexibility index (Phi) is 5.34. The van der Waals surface area contributed by atoms with E-state index in [1.165, 1.54) is 7.11 Å². The van der Waals surface area contributed by atoms with Crippen molar-refractivity contribution in [3.63, 3.8) is 0 Å². The molecule has 1 fully saturated rings. The first-order valence-corrected chi connectivity index (χ1v) is 8.29. The molecule has 19 heavy (non-hydrogen) atoms. The molecule has 0 aromatic rings. The number of carbonyl (C=O) groups excluding carboxylic acids is 1. The van der Waals surface area contributed by atoms with Gasteiger partial charge in [0.15, 0.2) is 9.84 Å². The minimum absolute atomic E-state index is 0.137. The first-order chi connectivity index (χ1) is 8.68. The van der Waals surface area contributed by atoms with Crippen LogP contribution in [0, 0.1) is 0 Å². The summed E-state index contributed by atoms with van der Waals surface area (Å²) in [6.45, 7) is 7.10. The van der Waals surface area contributed by atoms with Crippen LogP contribution >= 0.6 is 0 Å². The standard InChI is InChI=1S/C12H24N2O4S/c1-10(2)13-12(3,11(15)18-4)9-14-5-7-19(16,17)8-6-14/h10,13H,5-9H2,1-4H3. The number of hydrogen-bond acceptors (Lipinski definition) is 6. The Hall–Kier alpha value is -0.660. The summed E-state index contributed by atoms with van der Waals surface area (Å²) in [6.07, 6.45) is 0. The molecule has 1 aliphatic heterocycles. The zero-order valence-corrected chi connectivity index (χ0v) is 12.9. The molecule has 0 aromatic heterocycles. The van der Waals surface area contributed by atoms with Crippen LogP contribution in [0.15, 0.2) is 0 Å². The molecule has 0 saturated carbocycles. The van der Waals surface area contributed by atoms with Crippen LogP contribution in [0.4, 0.5) is 0 Å². The predicted molar refractivity (Wildman–Crippen MR) is 73.8 cm³/mol. The van der Waals surface area contributed by atoms with Crippen molar-refractivity contribution in [2.45, 2.75) is 32.4 Å². The maximum Gasteiger partial charge on any atom is 0.327 e. The molecule has 1 atom stereocenters. The van der Waals surface area contributed by atoms with Crippen LogP contribution in [0.5, 0.6) is 0 Å². The predicted octanol–water partition coefficient (Wildman–Crippen LogP) is -0.353. The van der Waals surface area contributed by atoms with Gasteiger partial charge in [-0.2, -0.15) is 0 Å². The number of rotatable bonds is 5. The number of esters is 1. The fraction of sp³-hybridized carbons (Fsp3) is 0.917. The lowest BCUT2D eigenvalue weighted by atomic mass is 10.0. The molecule has 0 bridgehead atoms. The molecule has 0 radical (unpaired) electrons. The smallest absolute Gasteiger partial charge is 0.327 e. The van der Waals surface area contributed by atoms with Crippen molar-refractivity contribution in [2.24, 2.45) is 0 Å². The zero-order valence-electron chi connectivity index (χ0n) is 12.1. The number of methoxy groups -OCH3 is 1. The lowest BCUT2D eigenvalue weighted by molar-refractivity contribution is -0.149. The monoisotopic (exact) mass is 292 g/mol. The third-order valence-electron chi connectivity index (χ3n) is 3.22. The van der Waals surface area contributed by atoms with Crippen molar-refractivity contribution in [2.75, 3.05) is 38.2 Å². The van der Waals surface area contributed by atoms with Crippen molar-refractivity contribution in [3.05, 3.63) is 0 Å². The molecule has 0 aromatic carbocycles. The summed E-state index contributed by atoms with van der Waals surface area (Å²) in [5, 5.41) is 3.21. The van der Waals surface area contributed by atoms with E-state index in [2.05, 4.69) is 5.32 Å². The summed E-state index contributed by atoms with van der Waals surface area (Å²) in [4.78, 5) is 13.9. The average Bonchev–Trinajstić information content (AvgIpc) is 2.30. The first kappa shape index (κ1) is 16.4.